The summed E-state index contributed by atoms with van der Waals surface area (Å²) in [6.45, 7) is 3.37. The number of amides is 1. The highest BCUT2D eigenvalue weighted by molar-refractivity contribution is 5.91. The summed E-state index contributed by atoms with van der Waals surface area (Å²) >= 11 is 0. The second-order valence-corrected chi connectivity index (χ2v) is 7.80. The average Bonchev–Trinajstić information content (AvgIpc) is 2.86. The molecule has 3 rings (SSSR count). The molecule has 3 aromatic rings. The van der Waals surface area contributed by atoms with Crippen molar-refractivity contribution in [1.29, 1.82) is 0 Å². The Morgan fingerprint density at radius 3 is 2.09 bits per heavy atom. The van der Waals surface area contributed by atoms with Gasteiger partial charge in [-0.05, 0) is 67.4 Å². The third-order valence-electron chi connectivity index (χ3n) is 5.29. The van der Waals surface area contributed by atoms with E-state index >= 15 is 0 Å². The van der Waals surface area contributed by atoms with Crippen LogP contribution in [0.2, 0.25) is 0 Å². The van der Waals surface area contributed by atoms with E-state index in [-0.39, 0.29) is 12.5 Å². The average molecular weight is 465 g/mol. The van der Waals surface area contributed by atoms with E-state index < -0.39 is 0 Å². The van der Waals surface area contributed by atoms with Gasteiger partial charge in [-0.2, -0.15) is 0 Å². The molecule has 0 heterocycles. The summed E-state index contributed by atoms with van der Waals surface area (Å²) in [5.74, 6) is 2.33. The molecule has 180 valence electrons. The van der Waals surface area contributed by atoms with Gasteiger partial charge in [0.25, 0.3) is 5.91 Å². The predicted octanol–water partition coefficient (Wildman–Crippen LogP) is 4.37. The SMILES string of the molecule is COc1ccc(CCNCc2ccc(OCC(=O)Nc3ccc(C)cc3)c(OC)c2)cc1OC. The highest BCUT2D eigenvalue weighted by Crippen LogP contribution is 2.29. The van der Waals surface area contributed by atoms with E-state index in [0.717, 1.165) is 46.8 Å². The summed E-state index contributed by atoms with van der Waals surface area (Å²) in [6, 6.07) is 19.2. The van der Waals surface area contributed by atoms with Gasteiger partial charge in [0.05, 0.1) is 21.3 Å². The lowest BCUT2D eigenvalue weighted by molar-refractivity contribution is -0.118. The summed E-state index contributed by atoms with van der Waals surface area (Å²) in [5.41, 5.74) is 4.09. The van der Waals surface area contributed by atoms with Gasteiger partial charge in [-0.15, -0.1) is 0 Å². The monoisotopic (exact) mass is 464 g/mol. The molecule has 0 atom stereocenters. The molecule has 3 aromatic carbocycles. The van der Waals surface area contributed by atoms with E-state index in [9.17, 15) is 4.79 Å². The normalized spacial score (nSPS) is 10.5. The van der Waals surface area contributed by atoms with Crippen molar-refractivity contribution >= 4 is 11.6 Å². The van der Waals surface area contributed by atoms with E-state index in [1.807, 2.05) is 67.6 Å². The van der Waals surface area contributed by atoms with Crippen molar-refractivity contribution in [3.63, 3.8) is 0 Å². The largest absolute Gasteiger partial charge is 0.493 e. The van der Waals surface area contributed by atoms with Crippen molar-refractivity contribution in [3.8, 4) is 23.0 Å². The maximum Gasteiger partial charge on any atom is 0.262 e. The van der Waals surface area contributed by atoms with Crippen LogP contribution < -0.4 is 29.6 Å². The number of carbonyl (C=O) groups is 1. The topological polar surface area (TPSA) is 78.1 Å². The van der Waals surface area contributed by atoms with Gasteiger partial charge >= 0.3 is 0 Å². The van der Waals surface area contributed by atoms with Crippen molar-refractivity contribution < 1.29 is 23.7 Å². The Morgan fingerprint density at radius 1 is 0.765 bits per heavy atom. The highest BCUT2D eigenvalue weighted by Gasteiger charge is 2.10. The zero-order valence-corrected chi connectivity index (χ0v) is 20.1. The van der Waals surface area contributed by atoms with E-state index in [1.54, 1.807) is 21.3 Å². The lowest BCUT2D eigenvalue weighted by Gasteiger charge is -2.13. The van der Waals surface area contributed by atoms with Gasteiger partial charge in [-0.25, -0.2) is 0 Å². The van der Waals surface area contributed by atoms with Crippen molar-refractivity contribution in [2.24, 2.45) is 0 Å². The van der Waals surface area contributed by atoms with Crippen LogP contribution in [-0.4, -0.2) is 40.4 Å². The summed E-state index contributed by atoms with van der Waals surface area (Å²) in [6.07, 6.45) is 0.856. The Balaban J connectivity index is 1.47. The number of anilines is 1. The number of hydrogen-bond donors (Lipinski definition) is 2. The first-order valence-electron chi connectivity index (χ1n) is 11.1. The minimum absolute atomic E-state index is 0.104. The molecular weight excluding hydrogens is 432 g/mol. The molecule has 0 radical (unpaired) electrons. The summed E-state index contributed by atoms with van der Waals surface area (Å²) in [4.78, 5) is 12.2. The minimum atomic E-state index is -0.230. The summed E-state index contributed by atoms with van der Waals surface area (Å²) in [7, 11) is 4.85. The van der Waals surface area contributed by atoms with Gasteiger partial charge in [0.2, 0.25) is 0 Å². The summed E-state index contributed by atoms with van der Waals surface area (Å²) < 4.78 is 21.8. The number of ether oxygens (including phenoxy) is 4. The molecule has 0 saturated heterocycles. The molecule has 7 nitrogen and oxygen atoms in total. The number of methoxy groups -OCH3 is 3. The first-order valence-corrected chi connectivity index (χ1v) is 11.1. The Labute approximate surface area is 201 Å². The van der Waals surface area contributed by atoms with E-state index in [0.29, 0.717) is 18.0 Å². The molecule has 0 aliphatic rings. The van der Waals surface area contributed by atoms with Gasteiger partial charge in [0.15, 0.2) is 29.6 Å². The molecule has 0 spiro atoms. The molecule has 2 N–H and O–H groups in total. The van der Waals surface area contributed by atoms with Crippen LogP contribution in [0, 0.1) is 6.92 Å². The van der Waals surface area contributed by atoms with Gasteiger partial charge < -0.3 is 29.6 Å². The van der Waals surface area contributed by atoms with Gasteiger partial charge in [-0.1, -0.05) is 29.8 Å². The zero-order valence-electron chi connectivity index (χ0n) is 20.1. The summed E-state index contributed by atoms with van der Waals surface area (Å²) in [5, 5.41) is 6.26. The zero-order chi connectivity index (χ0) is 24.3. The fourth-order valence-electron chi connectivity index (χ4n) is 3.42. The lowest BCUT2D eigenvalue weighted by atomic mass is 10.1. The van der Waals surface area contributed by atoms with Crippen LogP contribution in [0.4, 0.5) is 5.69 Å². The maximum absolute atomic E-state index is 12.2. The Hall–Kier alpha value is -3.71. The Kier molecular flexibility index (Phi) is 9.17. The van der Waals surface area contributed by atoms with Crippen LogP contribution in [0.3, 0.4) is 0 Å². The lowest BCUT2D eigenvalue weighted by Crippen LogP contribution is -2.20. The molecule has 0 fully saturated rings. The molecule has 0 aromatic heterocycles. The van der Waals surface area contributed by atoms with Gasteiger partial charge in [-0.3, -0.25) is 4.79 Å². The molecule has 0 bridgehead atoms. The van der Waals surface area contributed by atoms with Crippen molar-refractivity contribution in [3.05, 3.63) is 77.4 Å². The highest BCUT2D eigenvalue weighted by atomic mass is 16.5. The second kappa shape index (κ2) is 12.5. The molecule has 0 unspecified atom stereocenters. The van der Waals surface area contributed by atoms with Crippen LogP contribution in [-0.2, 0) is 17.8 Å². The third kappa shape index (κ3) is 7.15. The van der Waals surface area contributed by atoms with E-state index in [4.69, 9.17) is 18.9 Å². The van der Waals surface area contributed by atoms with E-state index in [1.165, 1.54) is 0 Å². The first kappa shape index (κ1) is 24.9. The first-order chi connectivity index (χ1) is 16.5. The number of carbonyl (C=O) groups excluding carboxylic acids is 1. The Bertz CT molecular complexity index is 1080. The van der Waals surface area contributed by atoms with Crippen molar-refractivity contribution in [2.75, 3.05) is 39.8 Å². The smallest absolute Gasteiger partial charge is 0.262 e. The molecular formula is C27H32N2O5. The number of aryl methyl sites for hydroxylation is 1. The predicted molar refractivity (Wildman–Crippen MR) is 133 cm³/mol. The van der Waals surface area contributed by atoms with E-state index in [2.05, 4.69) is 10.6 Å². The van der Waals surface area contributed by atoms with Crippen molar-refractivity contribution in [1.82, 2.24) is 5.32 Å². The number of hydrogen-bond acceptors (Lipinski definition) is 6. The number of nitrogens with one attached hydrogen (secondary N) is 2. The molecule has 34 heavy (non-hydrogen) atoms. The third-order valence-corrected chi connectivity index (χ3v) is 5.29. The van der Waals surface area contributed by atoms with Crippen LogP contribution in [0.1, 0.15) is 16.7 Å². The standard InChI is InChI=1S/C27H32N2O5/c1-19-5-9-22(10-6-19)29-27(30)18-34-24-12-8-21(16-26(24)33-4)17-28-14-13-20-7-11-23(31-2)25(15-20)32-3/h5-12,15-16,28H,13-14,17-18H2,1-4H3,(H,29,30). The number of benzene rings is 3. The molecule has 0 aliphatic carbocycles. The van der Waals surface area contributed by atoms with Crippen LogP contribution in [0.25, 0.3) is 0 Å². The molecule has 0 aliphatic heterocycles. The van der Waals surface area contributed by atoms with Crippen LogP contribution in [0.5, 0.6) is 23.0 Å². The van der Waals surface area contributed by atoms with Crippen molar-refractivity contribution in [2.45, 2.75) is 19.9 Å². The van der Waals surface area contributed by atoms with Gasteiger partial charge in [0.1, 0.15) is 0 Å². The second-order valence-electron chi connectivity index (χ2n) is 7.80. The maximum atomic E-state index is 12.2. The number of rotatable bonds is 12. The minimum Gasteiger partial charge on any atom is -0.493 e. The fourth-order valence-corrected chi connectivity index (χ4v) is 3.42. The fraction of sp³-hybridized carbons (Fsp3) is 0.296. The van der Waals surface area contributed by atoms with Crippen LogP contribution >= 0.6 is 0 Å². The molecule has 0 saturated carbocycles. The quantitative estimate of drug-likeness (QED) is 0.388. The molecule has 7 heteroatoms. The van der Waals surface area contributed by atoms with Gasteiger partial charge in [0, 0.05) is 12.2 Å². The van der Waals surface area contributed by atoms with Crippen LogP contribution in [0.15, 0.2) is 60.7 Å². The molecule has 1 amide bonds. The Morgan fingerprint density at radius 2 is 1.38 bits per heavy atom.